The molecule has 2 heterocycles. The van der Waals surface area contributed by atoms with Crippen molar-refractivity contribution in [3.63, 3.8) is 0 Å². The smallest absolute Gasteiger partial charge is 0.407 e. The number of hydrogen-bond donors (Lipinski definition) is 1. The molecule has 126 valence electrons. The average Bonchev–Trinajstić information content (AvgIpc) is 2.47. The number of carbonyl (C=O) groups is 1. The lowest BCUT2D eigenvalue weighted by atomic mass is 9.56. The second-order valence-electron chi connectivity index (χ2n) is 8.24. The Morgan fingerprint density at radius 1 is 1.18 bits per heavy atom. The highest BCUT2D eigenvalue weighted by Gasteiger charge is 2.56. The second-order valence-corrected chi connectivity index (χ2v) is 8.24. The fourth-order valence-electron chi connectivity index (χ4n) is 4.96. The van der Waals surface area contributed by atoms with E-state index in [1.54, 1.807) is 0 Å². The maximum absolute atomic E-state index is 12.1. The summed E-state index contributed by atoms with van der Waals surface area (Å²) in [6.07, 6.45) is 7.82. The van der Waals surface area contributed by atoms with Gasteiger partial charge in [-0.2, -0.15) is 0 Å². The van der Waals surface area contributed by atoms with Crippen LogP contribution in [0.2, 0.25) is 0 Å². The van der Waals surface area contributed by atoms with Crippen molar-refractivity contribution in [3.05, 3.63) is 0 Å². The van der Waals surface area contributed by atoms with E-state index in [1.165, 1.54) is 19.3 Å². The molecule has 4 heteroatoms. The van der Waals surface area contributed by atoms with Gasteiger partial charge in [-0.25, -0.2) is 4.79 Å². The molecule has 2 saturated heterocycles. The largest absolute Gasteiger partial charge is 0.449 e. The minimum absolute atomic E-state index is 0.00165. The molecule has 2 saturated carbocycles. The van der Waals surface area contributed by atoms with Gasteiger partial charge in [-0.1, -0.05) is 33.1 Å². The molecule has 4 aliphatic rings. The van der Waals surface area contributed by atoms with E-state index in [2.05, 4.69) is 26.1 Å². The summed E-state index contributed by atoms with van der Waals surface area (Å²) in [5.41, 5.74) is 0.0343. The minimum atomic E-state index is -0.236. The summed E-state index contributed by atoms with van der Waals surface area (Å²) in [7, 11) is 0. The molecule has 4 fully saturated rings. The van der Waals surface area contributed by atoms with Gasteiger partial charge < -0.3 is 14.8 Å². The minimum Gasteiger partial charge on any atom is -0.449 e. The predicted octanol–water partition coefficient (Wildman–Crippen LogP) is 3.89. The van der Waals surface area contributed by atoms with E-state index in [0.717, 1.165) is 32.3 Å². The maximum Gasteiger partial charge on any atom is 0.407 e. The molecule has 1 N–H and O–H groups in total. The van der Waals surface area contributed by atoms with Gasteiger partial charge in [0.2, 0.25) is 0 Å². The van der Waals surface area contributed by atoms with Crippen LogP contribution in [0.4, 0.5) is 4.79 Å². The summed E-state index contributed by atoms with van der Waals surface area (Å²) in [5.74, 6) is 1.08. The third-order valence-electron chi connectivity index (χ3n) is 6.53. The van der Waals surface area contributed by atoms with Crippen molar-refractivity contribution in [2.75, 3.05) is 13.2 Å². The van der Waals surface area contributed by atoms with E-state index in [0.29, 0.717) is 24.5 Å². The summed E-state index contributed by atoms with van der Waals surface area (Å²) in [6, 6.07) is 0.311. The lowest BCUT2D eigenvalue weighted by Crippen LogP contribution is -2.60. The number of rotatable bonds is 3. The first-order chi connectivity index (χ1) is 10.4. The highest BCUT2D eigenvalue weighted by molar-refractivity contribution is 5.67. The van der Waals surface area contributed by atoms with Crippen LogP contribution in [0, 0.1) is 17.3 Å². The van der Waals surface area contributed by atoms with Gasteiger partial charge in [0.1, 0.15) is 6.61 Å². The molecule has 0 radical (unpaired) electrons. The van der Waals surface area contributed by atoms with Crippen LogP contribution in [0.15, 0.2) is 0 Å². The number of amides is 1. The Hall–Kier alpha value is -0.770. The number of hydrogen-bond acceptors (Lipinski definition) is 3. The molecule has 1 amide bonds. The Bertz CT molecular complexity index is 405. The molecule has 2 bridgehead atoms. The van der Waals surface area contributed by atoms with Gasteiger partial charge in [-0.3, -0.25) is 0 Å². The van der Waals surface area contributed by atoms with Crippen molar-refractivity contribution < 1.29 is 14.3 Å². The molecule has 2 unspecified atom stereocenters. The molecule has 0 spiro atoms. The summed E-state index contributed by atoms with van der Waals surface area (Å²) in [6.45, 7) is 8.02. The van der Waals surface area contributed by atoms with Gasteiger partial charge in [-0.05, 0) is 44.4 Å². The van der Waals surface area contributed by atoms with Crippen LogP contribution in [-0.2, 0) is 9.47 Å². The van der Waals surface area contributed by atoms with Crippen LogP contribution in [0.3, 0.4) is 0 Å². The first kappa shape index (κ1) is 16.1. The van der Waals surface area contributed by atoms with Gasteiger partial charge in [-0.15, -0.1) is 0 Å². The molecule has 2 aliphatic heterocycles. The number of alkyl carbamates (subject to hydrolysis) is 1. The molecular weight excluding hydrogens is 278 g/mol. The van der Waals surface area contributed by atoms with Crippen LogP contribution in [-0.4, -0.2) is 30.9 Å². The summed E-state index contributed by atoms with van der Waals surface area (Å²) < 4.78 is 11.7. The normalized spacial score (nSPS) is 42.1. The standard InChI is InChI=1S/C18H31NO3/c1-13-9-17(3)10-14(2)18(13,12-22-17)11-21-16(20)19-15-7-5-4-6-8-15/h13-15H,4-12H2,1-3H3,(H,19,20). The first-order valence-corrected chi connectivity index (χ1v) is 9.01. The maximum atomic E-state index is 12.1. The number of ether oxygens (including phenoxy) is 2. The van der Waals surface area contributed by atoms with Gasteiger partial charge in [0.05, 0.1) is 12.2 Å². The Labute approximate surface area is 134 Å². The van der Waals surface area contributed by atoms with Crippen molar-refractivity contribution in [1.82, 2.24) is 5.32 Å². The molecule has 2 aliphatic carbocycles. The molecule has 2 atom stereocenters. The molecule has 0 aromatic heterocycles. The summed E-state index contributed by atoms with van der Waals surface area (Å²) in [4.78, 5) is 12.1. The van der Waals surface area contributed by atoms with E-state index in [4.69, 9.17) is 9.47 Å². The first-order valence-electron chi connectivity index (χ1n) is 9.01. The predicted molar refractivity (Wildman–Crippen MR) is 85.7 cm³/mol. The highest BCUT2D eigenvalue weighted by atomic mass is 16.6. The Kier molecular flexibility index (Phi) is 4.41. The van der Waals surface area contributed by atoms with Crippen molar-refractivity contribution in [2.24, 2.45) is 17.3 Å². The van der Waals surface area contributed by atoms with Crippen LogP contribution in [0.1, 0.15) is 65.7 Å². The van der Waals surface area contributed by atoms with Crippen molar-refractivity contribution in [3.8, 4) is 0 Å². The van der Waals surface area contributed by atoms with Crippen LogP contribution in [0.25, 0.3) is 0 Å². The summed E-state index contributed by atoms with van der Waals surface area (Å²) in [5, 5.41) is 3.05. The molecule has 22 heavy (non-hydrogen) atoms. The van der Waals surface area contributed by atoms with E-state index in [9.17, 15) is 4.79 Å². The average molecular weight is 309 g/mol. The zero-order valence-electron chi connectivity index (χ0n) is 14.3. The lowest BCUT2D eigenvalue weighted by molar-refractivity contribution is -0.236. The highest BCUT2D eigenvalue weighted by Crippen LogP contribution is 2.55. The summed E-state index contributed by atoms with van der Waals surface area (Å²) >= 11 is 0. The monoisotopic (exact) mass is 309 g/mol. The number of carbonyl (C=O) groups excluding carboxylic acids is 1. The quantitative estimate of drug-likeness (QED) is 0.860. The molecule has 4 rings (SSSR count). The fourth-order valence-corrected chi connectivity index (χ4v) is 4.96. The molecular formula is C18H31NO3. The Morgan fingerprint density at radius 2 is 1.82 bits per heavy atom. The van der Waals surface area contributed by atoms with Crippen molar-refractivity contribution >= 4 is 6.09 Å². The lowest BCUT2D eigenvalue weighted by Gasteiger charge is -2.58. The van der Waals surface area contributed by atoms with Crippen molar-refractivity contribution in [1.29, 1.82) is 0 Å². The van der Waals surface area contributed by atoms with Gasteiger partial charge in [0.15, 0.2) is 0 Å². The third kappa shape index (κ3) is 2.99. The van der Waals surface area contributed by atoms with Gasteiger partial charge >= 0.3 is 6.09 Å². The SMILES string of the molecule is CC1CC2(C)CC(C)C1(COC(=O)NC1CCCCC1)CO2. The van der Waals surface area contributed by atoms with Crippen molar-refractivity contribution in [2.45, 2.75) is 77.4 Å². The van der Waals surface area contributed by atoms with Gasteiger partial charge in [0.25, 0.3) is 0 Å². The Morgan fingerprint density at radius 3 is 2.41 bits per heavy atom. The zero-order chi connectivity index (χ0) is 15.8. The molecule has 4 nitrogen and oxygen atoms in total. The number of fused-ring (bicyclic) bond motifs is 3. The van der Waals surface area contributed by atoms with E-state index >= 15 is 0 Å². The zero-order valence-corrected chi connectivity index (χ0v) is 14.3. The van der Waals surface area contributed by atoms with Crippen LogP contribution >= 0.6 is 0 Å². The molecule has 0 aromatic rings. The van der Waals surface area contributed by atoms with E-state index in [-0.39, 0.29) is 17.1 Å². The fraction of sp³-hybridized carbons (Fsp3) is 0.944. The van der Waals surface area contributed by atoms with E-state index < -0.39 is 0 Å². The number of nitrogens with one attached hydrogen (secondary N) is 1. The molecule has 0 aromatic carbocycles. The second kappa shape index (κ2) is 6.03. The van der Waals surface area contributed by atoms with Gasteiger partial charge in [0, 0.05) is 11.5 Å². The Balaban J connectivity index is 1.54. The van der Waals surface area contributed by atoms with E-state index in [1.807, 2.05) is 0 Å². The van der Waals surface area contributed by atoms with Crippen LogP contribution in [0.5, 0.6) is 0 Å². The topological polar surface area (TPSA) is 47.6 Å². The third-order valence-corrected chi connectivity index (χ3v) is 6.53. The van der Waals surface area contributed by atoms with Crippen LogP contribution < -0.4 is 5.32 Å².